The summed E-state index contributed by atoms with van der Waals surface area (Å²) in [7, 11) is 0. The molecule has 0 saturated heterocycles. The fourth-order valence-corrected chi connectivity index (χ4v) is 4.95. The van der Waals surface area contributed by atoms with Crippen molar-refractivity contribution >= 4 is 34.6 Å². The number of nitrogens with one attached hydrogen (secondary N) is 1. The molecule has 0 radical (unpaired) electrons. The number of aromatic nitrogens is 2. The monoisotopic (exact) mass is 576 g/mol. The van der Waals surface area contributed by atoms with E-state index in [-0.39, 0.29) is 17.3 Å². The average Bonchev–Trinajstić information content (AvgIpc) is 3.21. The smallest absolute Gasteiger partial charge is 0.406 e. The van der Waals surface area contributed by atoms with Crippen LogP contribution in [0.4, 0.5) is 26.7 Å². The molecule has 6 nitrogen and oxygen atoms in total. The maximum Gasteiger partial charge on any atom is 0.573 e. The molecule has 0 fully saturated rings. The number of carbonyl (C=O) groups excluding carboxylic acids is 1. The Balaban J connectivity index is 1.42. The second-order valence-electron chi connectivity index (χ2n) is 9.19. The first-order chi connectivity index (χ1) is 19.1. The van der Waals surface area contributed by atoms with Gasteiger partial charge in [-0.2, -0.15) is 0 Å². The third-order valence-electron chi connectivity index (χ3n) is 6.49. The van der Waals surface area contributed by atoms with Gasteiger partial charge in [0, 0.05) is 61.5 Å². The van der Waals surface area contributed by atoms with E-state index in [1.54, 1.807) is 24.3 Å². The summed E-state index contributed by atoms with van der Waals surface area (Å²) >= 11 is 5.93. The lowest BCUT2D eigenvalue weighted by Crippen LogP contribution is -2.34. The highest BCUT2D eigenvalue weighted by molar-refractivity contribution is 6.29. The van der Waals surface area contributed by atoms with Crippen molar-refractivity contribution in [3.63, 3.8) is 0 Å². The molecule has 0 unspecified atom stereocenters. The van der Waals surface area contributed by atoms with Crippen LogP contribution in [-0.4, -0.2) is 39.9 Å². The number of hydrogen-bond donors (Lipinski definition) is 1. The molecular formula is C28H22ClF5N4O2. The molecule has 0 aliphatic carbocycles. The lowest BCUT2D eigenvalue weighted by molar-refractivity contribution is -0.274. The van der Waals surface area contributed by atoms with Crippen LogP contribution >= 0.6 is 11.6 Å². The van der Waals surface area contributed by atoms with E-state index < -0.39 is 29.8 Å². The molecule has 1 aliphatic heterocycles. The summed E-state index contributed by atoms with van der Waals surface area (Å²) in [6.45, 7) is 1.44. The quantitative estimate of drug-likeness (QED) is 0.205. The summed E-state index contributed by atoms with van der Waals surface area (Å²) in [5.74, 6) is -1.75. The number of ether oxygens (including phenoxy) is 1. The minimum atomic E-state index is -4.87. The van der Waals surface area contributed by atoms with Gasteiger partial charge in [-0.05, 0) is 53.6 Å². The zero-order valence-corrected chi connectivity index (χ0v) is 21.6. The van der Waals surface area contributed by atoms with Crippen LogP contribution in [0, 0.1) is 11.6 Å². The lowest BCUT2D eigenvalue weighted by Gasteiger charge is -2.27. The molecule has 1 amide bonds. The van der Waals surface area contributed by atoms with Gasteiger partial charge in [0.25, 0.3) is 0 Å². The zero-order valence-electron chi connectivity index (χ0n) is 20.8. The summed E-state index contributed by atoms with van der Waals surface area (Å²) in [4.78, 5) is 19.3. The number of rotatable bonds is 6. The van der Waals surface area contributed by atoms with E-state index in [0.29, 0.717) is 48.2 Å². The number of carbonyl (C=O) groups is 1. The Morgan fingerprint density at radius 2 is 1.95 bits per heavy atom. The predicted octanol–water partition coefficient (Wildman–Crippen LogP) is 6.70. The third kappa shape index (κ3) is 6.26. The van der Waals surface area contributed by atoms with Gasteiger partial charge in [-0.3, -0.25) is 9.47 Å². The molecule has 4 aromatic rings. The fraction of sp³-hybridized carbons (Fsp3) is 0.214. The molecule has 2 aromatic heterocycles. The Morgan fingerprint density at radius 3 is 2.70 bits per heavy atom. The number of hydrogen-bond acceptors (Lipinski definition) is 4. The Bertz CT molecular complexity index is 1600. The molecule has 2 aromatic carbocycles. The topological polar surface area (TPSA) is 59.4 Å². The van der Waals surface area contributed by atoms with E-state index >= 15 is 0 Å². The minimum Gasteiger partial charge on any atom is -0.406 e. The van der Waals surface area contributed by atoms with E-state index in [1.165, 1.54) is 41.1 Å². The van der Waals surface area contributed by atoms with E-state index in [2.05, 4.69) is 15.0 Å². The van der Waals surface area contributed by atoms with Gasteiger partial charge < -0.3 is 10.1 Å². The molecular weight excluding hydrogens is 555 g/mol. The molecule has 40 heavy (non-hydrogen) atoms. The van der Waals surface area contributed by atoms with Gasteiger partial charge in [0.15, 0.2) is 0 Å². The molecule has 1 aliphatic rings. The Kier molecular flexibility index (Phi) is 7.77. The number of pyridine rings is 1. The van der Waals surface area contributed by atoms with Crippen LogP contribution in [0.1, 0.15) is 22.4 Å². The number of halogens is 6. The van der Waals surface area contributed by atoms with Crippen molar-refractivity contribution in [1.29, 1.82) is 0 Å². The molecule has 1 N–H and O–H groups in total. The molecule has 3 heterocycles. The summed E-state index contributed by atoms with van der Waals surface area (Å²) in [5.41, 5.74) is 2.77. The number of benzene rings is 2. The van der Waals surface area contributed by atoms with Gasteiger partial charge in [-0.15, -0.1) is 13.2 Å². The van der Waals surface area contributed by atoms with E-state index in [0.717, 1.165) is 11.6 Å². The van der Waals surface area contributed by atoms with Crippen molar-refractivity contribution in [3.8, 4) is 5.75 Å². The fourth-order valence-electron chi connectivity index (χ4n) is 4.75. The number of nitrogens with zero attached hydrogens (tertiary/aromatic N) is 3. The molecule has 0 saturated carbocycles. The average molecular weight is 577 g/mol. The van der Waals surface area contributed by atoms with Gasteiger partial charge in [-0.1, -0.05) is 23.8 Å². The van der Waals surface area contributed by atoms with Gasteiger partial charge >= 0.3 is 12.4 Å². The third-order valence-corrected chi connectivity index (χ3v) is 6.70. The predicted molar refractivity (Wildman–Crippen MR) is 140 cm³/mol. The molecule has 0 spiro atoms. The minimum absolute atomic E-state index is 0.168. The number of amides is 1. The normalized spacial score (nSPS) is 14.1. The van der Waals surface area contributed by atoms with Crippen LogP contribution in [0.2, 0.25) is 5.15 Å². The van der Waals surface area contributed by atoms with Crippen LogP contribution in [0.3, 0.4) is 0 Å². The van der Waals surface area contributed by atoms with Crippen LogP contribution in [0.5, 0.6) is 5.75 Å². The Morgan fingerprint density at radius 1 is 1.12 bits per heavy atom. The molecule has 0 atom stereocenters. The highest BCUT2D eigenvalue weighted by Crippen LogP contribution is 2.35. The van der Waals surface area contributed by atoms with Crippen LogP contribution in [0.25, 0.3) is 17.0 Å². The maximum atomic E-state index is 14.0. The van der Waals surface area contributed by atoms with Crippen molar-refractivity contribution in [2.75, 3.05) is 13.1 Å². The Labute approximate surface area is 230 Å². The van der Waals surface area contributed by atoms with E-state index in [4.69, 9.17) is 11.6 Å². The zero-order chi connectivity index (χ0) is 28.4. The molecule has 208 valence electrons. The lowest BCUT2D eigenvalue weighted by atomic mass is 10.0. The van der Waals surface area contributed by atoms with Crippen molar-refractivity contribution in [2.24, 2.45) is 0 Å². The highest BCUT2D eigenvalue weighted by Gasteiger charge is 2.32. The highest BCUT2D eigenvalue weighted by atomic mass is 35.5. The van der Waals surface area contributed by atoms with E-state index in [1.807, 2.05) is 4.90 Å². The van der Waals surface area contributed by atoms with E-state index in [9.17, 15) is 26.7 Å². The number of fused-ring (bicyclic) bond motifs is 3. The van der Waals surface area contributed by atoms with Crippen LogP contribution < -0.4 is 10.1 Å². The summed E-state index contributed by atoms with van der Waals surface area (Å²) in [5, 5.41) is 3.57. The maximum absolute atomic E-state index is 14.0. The van der Waals surface area contributed by atoms with Gasteiger partial charge in [0.05, 0.1) is 5.52 Å². The van der Waals surface area contributed by atoms with Crippen molar-refractivity contribution in [3.05, 3.63) is 100.0 Å². The number of alkyl halides is 3. The molecule has 5 rings (SSSR count). The standard InChI is InChI=1S/C28H22ClF5N4O2/c29-26-12-17(7-9-35-26)15-36-27(39)38-24-6-5-20(40-28(32,33)34)14-21(24)22-16-37(11-8-25(22)38)10-1-2-18-3-4-19(30)13-23(18)31/h1-7,9,12-14H,8,10-11,15-16H2,(H,36,39). The Hall–Kier alpha value is -3.96. The summed E-state index contributed by atoms with van der Waals surface area (Å²) < 4.78 is 71.5. The largest absolute Gasteiger partial charge is 0.573 e. The van der Waals surface area contributed by atoms with Gasteiger partial charge in [0.1, 0.15) is 22.5 Å². The summed E-state index contributed by atoms with van der Waals surface area (Å²) in [6.07, 6.45) is 0.359. The second-order valence-corrected chi connectivity index (χ2v) is 9.57. The SMILES string of the molecule is O=C(NCc1ccnc(Cl)c1)n1c2c(c3cc(OC(F)(F)F)ccc31)CN(CC=Cc1ccc(F)cc1F)CC2. The van der Waals surface area contributed by atoms with Gasteiger partial charge in [0.2, 0.25) is 0 Å². The first-order valence-corrected chi connectivity index (χ1v) is 12.6. The van der Waals surface area contributed by atoms with Crippen molar-refractivity contribution < 1.29 is 31.5 Å². The molecule has 0 bridgehead atoms. The summed E-state index contributed by atoms with van der Waals surface area (Å²) in [6, 6.07) is 10.1. The second kappa shape index (κ2) is 11.3. The van der Waals surface area contributed by atoms with Crippen LogP contribution in [-0.2, 0) is 19.5 Å². The van der Waals surface area contributed by atoms with Crippen molar-refractivity contribution in [1.82, 2.24) is 19.8 Å². The van der Waals surface area contributed by atoms with Gasteiger partial charge in [-0.25, -0.2) is 18.6 Å². The molecule has 12 heteroatoms. The van der Waals surface area contributed by atoms with Crippen LogP contribution in [0.15, 0.2) is 60.8 Å². The van der Waals surface area contributed by atoms with Crippen molar-refractivity contribution in [2.45, 2.75) is 25.9 Å². The first-order valence-electron chi connectivity index (χ1n) is 12.2. The first kappa shape index (κ1) is 27.6.